The van der Waals surface area contributed by atoms with Crippen molar-refractivity contribution in [3.05, 3.63) is 28.2 Å². The molecule has 0 aromatic heterocycles. The number of benzene rings is 1. The highest BCUT2D eigenvalue weighted by Gasteiger charge is 2.11. The maximum Gasteiger partial charge on any atom is 0.133 e. The first-order chi connectivity index (χ1) is 7.79. The molecule has 0 N–H and O–H groups in total. The fraction of sp³-hybridized carbons (Fsp3) is 0.500. The molecule has 3 nitrogen and oxygen atoms in total. The predicted octanol–water partition coefficient (Wildman–Crippen LogP) is 2.29. The average molecular weight is 286 g/mol. The Morgan fingerprint density at radius 2 is 2.12 bits per heavy atom. The number of rotatable bonds is 3. The van der Waals surface area contributed by atoms with Crippen LogP contribution < -0.4 is 4.74 Å². The standard InChI is InChI=1S/C12H16BrNO2/c1-15-12-8-10(2-3-11(12)13)9-14-4-6-16-7-5-14/h2-3,8H,4-7,9H2,1H3. The topological polar surface area (TPSA) is 21.7 Å². The van der Waals surface area contributed by atoms with Crippen molar-refractivity contribution in [1.29, 1.82) is 0 Å². The number of hydrogen-bond acceptors (Lipinski definition) is 3. The van der Waals surface area contributed by atoms with Gasteiger partial charge in [0.1, 0.15) is 5.75 Å². The van der Waals surface area contributed by atoms with E-state index in [0.717, 1.165) is 43.1 Å². The third-order valence-corrected chi connectivity index (χ3v) is 3.38. The molecule has 0 unspecified atom stereocenters. The fourth-order valence-electron chi connectivity index (χ4n) is 1.82. The van der Waals surface area contributed by atoms with Gasteiger partial charge in [-0.1, -0.05) is 6.07 Å². The highest BCUT2D eigenvalue weighted by Crippen LogP contribution is 2.26. The monoisotopic (exact) mass is 285 g/mol. The quantitative estimate of drug-likeness (QED) is 0.851. The van der Waals surface area contributed by atoms with Crippen LogP contribution in [0, 0.1) is 0 Å². The molecular formula is C12H16BrNO2. The summed E-state index contributed by atoms with van der Waals surface area (Å²) in [7, 11) is 1.69. The van der Waals surface area contributed by atoms with Gasteiger partial charge >= 0.3 is 0 Å². The molecule has 1 aliphatic heterocycles. The zero-order valence-electron chi connectivity index (χ0n) is 9.41. The molecule has 0 amide bonds. The number of morpholine rings is 1. The molecule has 1 fully saturated rings. The van der Waals surface area contributed by atoms with Crippen molar-refractivity contribution in [3.63, 3.8) is 0 Å². The maximum absolute atomic E-state index is 5.33. The molecule has 0 saturated carbocycles. The second-order valence-corrected chi connectivity index (χ2v) is 4.71. The molecule has 2 rings (SSSR count). The summed E-state index contributed by atoms with van der Waals surface area (Å²) >= 11 is 3.46. The highest BCUT2D eigenvalue weighted by atomic mass is 79.9. The van der Waals surface area contributed by atoms with E-state index < -0.39 is 0 Å². The summed E-state index contributed by atoms with van der Waals surface area (Å²) in [6.45, 7) is 4.67. The van der Waals surface area contributed by atoms with Gasteiger partial charge in [-0.05, 0) is 33.6 Å². The van der Waals surface area contributed by atoms with E-state index in [4.69, 9.17) is 9.47 Å². The van der Waals surface area contributed by atoms with E-state index in [-0.39, 0.29) is 0 Å². The van der Waals surface area contributed by atoms with Crippen LogP contribution in [0.15, 0.2) is 22.7 Å². The third kappa shape index (κ3) is 2.97. The Hall–Kier alpha value is -0.580. The first kappa shape index (κ1) is 11.9. The number of nitrogens with zero attached hydrogens (tertiary/aromatic N) is 1. The average Bonchev–Trinajstić information content (AvgIpc) is 2.33. The molecule has 4 heteroatoms. The summed E-state index contributed by atoms with van der Waals surface area (Å²) in [6, 6.07) is 6.25. The van der Waals surface area contributed by atoms with Crippen LogP contribution >= 0.6 is 15.9 Å². The molecule has 0 spiro atoms. The zero-order valence-corrected chi connectivity index (χ0v) is 11.0. The molecule has 0 radical (unpaired) electrons. The van der Waals surface area contributed by atoms with E-state index in [1.807, 2.05) is 6.07 Å². The van der Waals surface area contributed by atoms with Crippen molar-refractivity contribution < 1.29 is 9.47 Å². The van der Waals surface area contributed by atoms with Gasteiger partial charge in [0, 0.05) is 19.6 Å². The molecule has 0 bridgehead atoms. The van der Waals surface area contributed by atoms with Gasteiger partial charge in [0.05, 0.1) is 24.8 Å². The SMILES string of the molecule is COc1cc(CN2CCOCC2)ccc1Br. The van der Waals surface area contributed by atoms with Crippen LogP contribution in [0.4, 0.5) is 0 Å². The lowest BCUT2D eigenvalue weighted by Crippen LogP contribution is -2.35. The van der Waals surface area contributed by atoms with Crippen molar-refractivity contribution in [3.8, 4) is 5.75 Å². The largest absolute Gasteiger partial charge is 0.496 e. The molecule has 1 aromatic carbocycles. The van der Waals surface area contributed by atoms with Crippen LogP contribution in [-0.4, -0.2) is 38.3 Å². The lowest BCUT2D eigenvalue weighted by atomic mass is 10.2. The van der Waals surface area contributed by atoms with Crippen molar-refractivity contribution in [2.24, 2.45) is 0 Å². The van der Waals surface area contributed by atoms with E-state index in [2.05, 4.69) is 33.0 Å². The van der Waals surface area contributed by atoms with Gasteiger partial charge in [-0.15, -0.1) is 0 Å². The molecule has 1 aromatic rings. The summed E-state index contributed by atoms with van der Waals surface area (Å²) in [5.41, 5.74) is 1.28. The molecular weight excluding hydrogens is 270 g/mol. The number of methoxy groups -OCH3 is 1. The maximum atomic E-state index is 5.33. The van der Waals surface area contributed by atoms with E-state index in [0.29, 0.717) is 0 Å². The van der Waals surface area contributed by atoms with Crippen LogP contribution in [-0.2, 0) is 11.3 Å². The van der Waals surface area contributed by atoms with E-state index >= 15 is 0 Å². The Bertz CT molecular complexity index is 351. The Morgan fingerprint density at radius 3 is 2.81 bits per heavy atom. The number of ether oxygens (including phenoxy) is 2. The minimum Gasteiger partial charge on any atom is -0.496 e. The Kier molecular flexibility index (Phi) is 4.21. The molecule has 1 saturated heterocycles. The minimum atomic E-state index is 0.841. The van der Waals surface area contributed by atoms with Crippen molar-refractivity contribution >= 4 is 15.9 Å². The Balaban J connectivity index is 2.03. The molecule has 1 aliphatic rings. The Labute approximate surface area is 104 Å². The van der Waals surface area contributed by atoms with E-state index in [9.17, 15) is 0 Å². The van der Waals surface area contributed by atoms with Crippen LogP contribution in [0.2, 0.25) is 0 Å². The molecule has 0 atom stereocenters. The second kappa shape index (κ2) is 5.66. The van der Waals surface area contributed by atoms with Crippen LogP contribution in [0.25, 0.3) is 0 Å². The summed E-state index contributed by atoms with van der Waals surface area (Å²) in [5.74, 6) is 0.894. The molecule has 0 aliphatic carbocycles. The lowest BCUT2D eigenvalue weighted by Gasteiger charge is -2.26. The van der Waals surface area contributed by atoms with Crippen LogP contribution in [0.5, 0.6) is 5.75 Å². The van der Waals surface area contributed by atoms with Gasteiger partial charge in [-0.25, -0.2) is 0 Å². The van der Waals surface area contributed by atoms with Gasteiger partial charge in [0.25, 0.3) is 0 Å². The highest BCUT2D eigenvalue weighted by molar-refractivity contribution is 9.10. The van der Waals surface area contributed by atoms with Crippen molar-refractivity contribution in [2.75, 3.05) is 33.4 Å². The number of halogens is 1. The van der Waals surface area contributed by atoms with Crippen molar-refractivity contribution in [2.45, 2.75) is 6.54 Å². The number of hydrogen-bond donors (Lipinski definition) is 0. The minimum absolute atomic E-state index is 0.841. The first-order valence-corrected chi connectivity index (χ1v) is 6.21. The predicted molar refractivity (Wildman–Crippen MR) is 66.8 cm³/mol. The molecule has 88 valence electrons. The van der Waals surface area contributed by atoms with E-state index in [1.54, 1.807) is 7.11 Å². The second-order valence-electron chi connectivity index (χ2n) is 3.86. The summed E-state index contributed by atoms with van der Waals surface area (Å²) in [4.78, 5) is 2.40. The fourth-order valence-corrected chi connectivity index (χ4v) is 2.23. The van der Waals surface area contributed by atoms with Crippen molar-refractivity contribution in [1.82, 2.24) is 4.90 Å². The molecule has 16 heavy (non-hydrogen) atoms. The van der Waals surface area contributed by atoms with Crippen LogP contribution in [0.3, 0.4) is 0 Å². The van der Waals surface area contributed by atoms with Gasteiger partial charge in [-0.2, -0.15) is 0 Å². The summed E-state index contributed by atoms with van der Waals surface area (Å²) < 4.78 is 11.6. The molecule has 1 heterocycles. The lowest BCUT2D eigenvalue weighted by molar-refractivity contribution is 0.0341. The van der Waals surface area contributed by atoms with Gasteiger partial charge < -0.3 is 9.47 Å². The first-order valence-electron chi connectivity index (χ1n) is 5.42. The van der Waals surface area contributed by atoms with E-state index in [1.165, 1.54) is 5.56 Å². The zero-order chi connectivity index (χ0) is 11.4. The van der Waals surface area contributed by atoms with Crippen LogP contribution in [0.1, 0.15) is 5.56 Å². The van der Waals surface area contributed by atoms with Gasteiger partial charge in [-0.3, -0.25) is 4.90 Å². The Morgan fingerprint density at radius 1 is 1.38 bits per heavy atom. The summed E-state index contributed by atoms with van der Waals surface area (Å²) in [5, 5.41) is 0. The normalized spacial score (nSPS) is 17.4. The third-order valence-electron chi connectivity index (χ3n) is 2.73. The van der Waals surface area contributed by atoms with Gasteiger partial charge in [0.15, 0.2) is 0 Å². The van der Waals surface area contributed by atoms with Gasteiger partial charge in [0.2, 0.25) is 0 Å². The smallest absolute Gasteiger partial charge is 0.133 e. The summed E-state index contributed by atoms with van der Waals surface area (Å²) in [6.07, 6.45) is 0.